The summed E-state index contributed by atoms with van der Waals surface area (Å²) < 4.78 is 49.8. The van der Waals surface area contributed by atoms with Gasteiger partial charge in [-0.3, -0.25) is 4.79 Å². The van der Waals surface area contributed by atoms with Crippen LogP contribution < -0.4 is 4.90 Å². The molecule has 26 heavy (non-hydrogen) atoms. The number of hydrogen-bond donors (Lipinski definition) is 0. The van der Waals surface area contributed by atoms with E-state index in [1.807, 2.05) is 0 Å². The van der Waals surface area contributed by atoms with Gasteiger partial charge in [-0.25, -0.2) is 17.2 Å². The van der Waals surface area contributed by atoms with Crippen molar-refractivity contribution in [3.05, 3.63) is 71.6 Å². The van der Waals surface area contributed by atoms with E-state index in [0.717, 1.165) is 29.3 Å². The Labute approximate surface area is 154 Å². The van der Waals surface area contributed by atoms with E-state index in [0.29, 0.717) is 10.6 Å². The molecule has 0 N–H and O–H groups in total. The van der Waals surface area contributed by atoms with Crippen molar-refractivity contribution >= 4 is 33.2 Å². The second kappa shape index (κ2) is 7.59. The summed E-state index contributed by atoms with van der Waals surface area (Å²) in [6, 6.07) is 11.6. The molecule has 136 valence electrons. The number of benzene rings is 2. The van der Waals surface area contributed by atoms with Crippen LogP contribution in [0.1, 0.15) is 0 Å². The number of nitrogens with zero attached hydrogens (tertiary/aromatic N) is 1. The summed E-state index contributed by atoms with van der Waals surface area (Å²) in [5.41, 5.74) is 0.579. The van der Waals surface area contributed by atoms with Gasteiger partial charge in [0, 0.05) is 16.0 Å². The minimum absolute atomic E-state index is 0.0373. The molecule has 0 saturated carbocycles. The summed E-state index contributed by atoms with van der Waals surface area (Å²) in [6.07, 6.45) is 1.49. The molecule has 0 saturated heterocycles. The number of amides is 1. The van der Waals surface area contributed by atoms with Gasteiger partial charge >= 0.3 is 0 Å². The van der Waals surface area contributed by atoms with Gasteiger partial charge in [-0.05, 0) is 36.4 Å². The molecule has 2 aromatic carbocycles. The summed E-state index contributed by atoms with van der Waals surface area (Å²) in [4.78, 5) is 14.6. The van der Waals surface area contributed by atoms with E-state index in [-0.39, 0.29) is 17.4 Å². The molecule has 1 atom stereocenters. The number of sulfone groups is 1. The van der Waals surface area contributed by atoms with Crippen molar-refractivity contribution in [3.63, 3.8) is 0 Å². The first-order valence-corrected chi connectivity index (χ1v) is 10.4. The van der Waals surface area contributed by atoms with E-state index < -0.39 is 27.5 Å². The van der Waals surface area contributed by atoms with Gasteiger partial charge in [0.2, 0.25) is 5.91 Å². The smallest absolute Gasteiger partial charge is 0.237 e. The molecule has 0 aromatic heterocycles. The van der Waals surface area contributed by atoms with Gasteiger partial charge < -0.3 is 4.90 Å². The lowest BCUT2D eigenvalue weighted by atomic mass is 10.2. The lowest BCUT2D eigenvalue weighted by Gasteiger charge is -2.27. The monoisotopic (exact) mass is 395 g/mol. The molecule has 8 heteroatoms. The highest BCUT2D eigenvalue weighted by Crippen LogP contribution is 2.26. The molecule has 1 aliphatic heterocycles. The van der Waals surface area contributed by atoms with Gasteiger partial charge in [0.25, 0.3) is 0 Å². The van der Waals surface area contributed by atoms with Gasteiger partial charge in [-0.1, -0.05) is 18.2 Å². The Morgan fingerprint density at radius 3 is 2.46 bits per heavy atom. The van der Waals surface area contributed by atoms with Crippen LogP contribution >= 0.6 is 11.8 Å². The van der Waals surface area contributed by atoms with Crippen LogP contribution in [0.2, 0.25) is 0 Å². The number of carbonyl (C=O) groups is 1. The molecule has 1 heterocycles. The second-order valence-electron chi connectivity index (χ2n) is 5.69. The van der Waals surface area contributed by atoms with Gasteiger partial charge in [-0.15, -0.1) is 11.8 Å². The first kappa shape index (κ1) is 18.6. The van der Waals surface area contributed by atoms with E-state index in [1.165, 1.54) is 17.0 Å². The standard InChI is InChI=1S/C18H15F2NO3S2/c19-16-7-6-15(10-17(16)20)25-11-18(22)21(13-4-2-1-3-5-13)14-8-9-26(23,24)12-14/h1-10,14H,11-12H2/t14-/m1/s1. The van der Waals surface area contributed by atoms with E-state index >= 15 is 0 Å². The zero-order valence-corrected chi connectivity index (χ0v) is 15.1. The second-order valence-corrected chi connectivity index (χ2v) is 8.67. The summed E-state index contributed by atoms with van der Waals surface area (Å²) in [5, 5.41) is 1.11. The third kappa shape index (κ3) is 4.31. The van der Waals surface area contributed by atoms with Crippen molar-refractivity contribution in [2.75, 3.05) is 16.4 Å². The lowest BCUT2D eigenvalue weighted by molar-refractivity contribution is -0.116. The third-order valence-electron chi connectivity index (χ3n) is 3.80. The first-order chi connectivity index (χ1) is 12.4. The molecule has 4 nitrogen and oxygen atoms in total. The summed E-state index contributed by atoms with van der Waals surface area (Å²) in [5.74, 6) is -2.47. The largest absolute Gasteiger partial charge is 0.304 e. The van der Waals surface area contributed by atoms with Crippen molar-refractivity contribution in [2.45, 2.75) is 10.9 Å². The maximum absolute atomic E-state index is 13.3. The molecular weight excluding hydrogens is 380 g/mol. The molecule has 0 unspecified atom stereocenters. The highest BCUT2D eigenvalue weighted by Gasteiger charge is 2.31. The highest BCUT2D eigenvalue weighted by molar-refractivity contribution is 8.00. The Bertz CT molecular complexity index is 946. The summed E-state index contributed by atoms with van der Waals surface area (Å²) in [7, 11) is -3.33. The van der Waals surface area contributed by atoms with Crippen molar-refractivity contribution in [2.24, 2.45) is 0 Å². The van der Waals surface area contributed by atoms with Crippen LogP contribution in [0.4, 0.5) is 14.5 Å². The molecule has 0 fully saturated rings. The van der Waals surface area contributed by atoms with E-state index in [2.05, 4.69) is 0 Å². The molecule has 1 amide bonds. The Balaban J connectivity index is 1.79. The molecule has 0 bridgehead atoms. The molecule has 0 aliphatic carbocycles. The molecule has 1 aliphatic rings. The van der Waals surface area contributed by atoms with Crippen LogP contribution in [0.25, 0.3) is 0 Å². The summed E-state index contributed by atoms with van der Waals surface area (Å²) >= 11 is 1.06. The van der Waals surface area contributed by atoms with Gasteiger partial charge in [0.1, 0.15) is 0 Å². The average molecular weight is 395 g/mol. The fourth-order valence-corrected chi connectivity index (χ4v) is 4.66. The number of halogens is 2. The van der Waals surface area contributed by atoms with E-state index in [4.69, 9.17) is 0 Å². The Morgan fingerprint density at radius 2 is 1.85 bits per heavy atom. The minimum atomic E-state index is -3.33. The van der Waals surface area contributed by atoms with Crippen LogP contribution in [-0.2, 0) is 14.6 Å². The number of thioether (sulfide) groups is 1. The van der Waals surface area contributed by atoms with Gasteiger partial charge in [0.15, 0.2) is 21.5 Å². The predicted molar refractivity (Wildman–Crippen MR) is 97.7 cm³/mol. The van der Waals surface area contributed by atoms with E-state index in [1.54, 1.807) is 30.3 Å². The number of anilines is 1. The zero-order chi connectivity index (χ0) is 18.7. The average Bonchev–Trinajstić information content (AvgIpc) is 2.96. The fraction of sp³-hybridized carbons (Fsp3) is 0.167. The highest BCUT2D eigenvalue weighted by atomic mass is 32.2. The van der Waals surface area contributed by atoms with Crippen molar-refractivity contribution in [3.8, 4) is 0 Å². The number of para-hydroxylation sites is 1. The van der Waals surface area contributed by atoms with Crippen LogP contribution in [0, 0.1) is 11.6 Å². The van der Waals surface area contributed by atoms with Crippen molar-refractivity contribution in [1.82, 2.24) is 0 Å². The van der Waals surface area contributed by atoms with Crippen LogP contribution in [-0.4, -0.2) is 31.9 Å². The number of carbonyl (C=O) groups excluding carboxylic acids is 1. The van der Waals surface area contributed by atoms with Gasteiger partial charge in [-0.2, -0.15) is 0 Å². The third-order valence-corrected chi connectivity index (χ3v) is 6.16. The van der Waals surface area contributed by atoms with Crippen LogP contribution in [0.3, 0.4) is 0 Å². The maximum atomic E-state index is 13.3. The molecule has 0 spiro atoms. The predicted octanol–water partition coefficient (Wildman–Crippen LogP) is 3.40. The molecule has 2 aromatic rings. The topological polar surface area (TPSA) is 54.5 Å². The molecule has 3 rings (SSSR count). The van der Waals surface area contributed by atoms with Crippen LogP contribution in [0.5, 0.6) is 0 Å². The maximum Gasteiger partial charge on any atom is 0.237 e. The zero-order valence-electron chi connectivity index (χ0n) is 13.5. The summed E-state index contributed by atoms with van der Waals surface area (Å²) in [6.45, 7) is 0. The van der Waals surface area contributed by atoms with Crippen molar-refractivity contribution in [1.29, 1.82) is 0 Å². The molecular formula is C18H15F2NO3S2. The number of hydrogen-bond acceptors (Lipinski definition) is 4. The minimum Gasteiger partial charge on any atom is -0.304 e. The fourth-order valence-electron chi connectivity index (χ4n) is 2.61. The van der Waals surface area contributed by atoms with Gasteiger partial charge in [0.05, 0.1) is 17.5 Å². The Hall–Kier alpha value is -2.19. The van der Waals surface area contributed by atoms with Crippen LogP contribution in [0.15, 0.2) is 64.9 Å². The number of rotatable bonds is 5. The first-order valence-electron chi connectivity index (χ1n) is 7.72. The van der Waals surface area contributed by atoms with E-state index in [9.17, 15) is 22.0 Å². The quantitative estimate of drug-likeness (QED) is 0.728. The Kier molecular flexibility index (Phi) is 5.43. The van der Waals surface area contributed by atoms with Crippen molar-refractivity contribution < 1.29 is 22.0 Å². The SMILES string of the molecule is O=C(CSc1ccc(F)c(F)c1)N(c1ccccc1)[C@@H]1C=CS(=O)(=O)C1. The Morgan fingerprint density at radius 1 is 1.12 bits per heavy atom. The lowest BCUT2D eigenvalue weighted by Crippen LogP contribution is -2.42. The normalized spacial score (nSPS) is 18.0. The molecule has 0 radical (unpaired) electrons.